The highest BCUT2D eigenvalue weighted by Gasteiger charge is 2.54. The van der Waals surface area contributed by atoms with Gasteiger partial charge in [0.2, 0.25) is 0 Å². The fraction of sp³-hybridized carbons (Fsp3) is 0.667. The normalized spacial score (nSPS) is 38.0. The van der Waals surface area contributed by atoms with Crippen LogP contribution in [0, 0.1) is 22.7 Å². The van der Waals surface area contributed by atoms with Crippen molar-refractivity contribution in [1.82, 2.24) is 0 Å². The highest BCUT2D eigenvalue weighted by Crippen LogP contribution is 2.62. The van der Waals surface area contributed by atoms with Gasteiger partial charge in [-0.1, -0.05) is 56.7 Å². The maximum absolute atomic E-state index is 11.9. The summed E-state index contributed by atoms with van der Waals surface area (Å²) >= 11 is 0. The molecule has 0 bridgehead atoms. The van der Waals surface area contributed by atoms with Crippen LogP contribution in [0.15, 0.2) is 36.5 Å². The Kier molecular flexibility index (Phi) is 5.54. The smallest absolute Gasteiger partial charge is 0.306 e. The Morgan fingerprint density at radius 2 is 2.09 bits per heavy atom. The van der Waals surface area contributed by atoms with Crippen LogP contribution in [0.4, 0.5) is 0 Å². The third kappa shape index (κ3) is 3.46. The number of carbonyl (C=O) groups excluding carboxylic acids is 1. The molecule has 2 nitrogen and oxygen atoms in total. The van der Waals surface area contributed by atoms with Crippen molar-refractivity contribution in [2.75, 3.05) is 7.11 Å². The highest BCUT2D eigenvalue weighted by molar-refractivity contribution is 5.70. The number of carbonyl (C=O) groups is 1. The van der Waals surface area contributed by atoms with Crippen LogP contribution in [0.5, 0.6) is 0 Å². The largest absolute Gasteiger partial charge is 0.469 e. The first-order valence-corrected chi connectivity index (χ1v) is 8.92. The number of allylic oxidation sites excluding steroid dienone is 5. The van der Waals surface area contributed by atoms with Gasteiger partial charge in [-0.15, -0.1) is 0 Å². The van der Waals surface area contributed by atoms with E-state index in [0.717, 1.165) is 6.42 Å². The van der Waals surface area contributed by atoms with Crippen molar-refractivity contribution in [2.45, 2.75) is 59.3 Å². The molecule has 4 atom stereocenters. The summed E-state index contributed by atoms with van der Waals surface area (Å²) in [5, 5.41) is 0. The van der Waals surface area contributed by atoms with Gasteiger partial charge in [0.1, 0.15) is 0 Å². The standard InChI is InChI=1S/C21H32O2/c1-6-7-8-12-20(3)13-9-14-21(4)17(15-19(22)23-5)16(2)10-11-18(20)21/h6-8,12,17-18H,2,9-11,13-15H2,1,3-5H3/b7-6+,12-8+/t17-,18-,20+,21+/m0/s1. The van der Waals surface area contributed by atoms with E-state index in [1.165, 1.54) is 38.4 Å². The van der Waals surface area contributed by atoms with Crippen LogP contribution in [-0.2, 0) is 9.53 Å². The summed E-state index contributed by atoms with van der Waals surface area (Å²) in [5.74, 6) is 0.753. The molecule has 23 heavy (non-hydrogen) atoms. The zero-order valence-corrected chi connectivity index (χ0v) is 15.2. The summed E-state index contributed by atoms with van der Waals surface area (Å²) in [6.07, 6.45) is 15.1. The Morgan fingerprint density at radius 1 is 1.35 bits per heavy atom. The van der Waals surface area contributed by atoms with E-state index in [4.69, 9.17) is 4.74 Å². The molecule has 0 unspecified atom stereocenters. The first-order chi connectivity index (χ1) is 10.9. The molecular weight excluding hydrogens is 284 g/mol. The van der Waals surface area contributed by atoms with E-state index in [2.05, 4.69) is 51.7 Å². The molecule has 0 spiro atoms. The van der Waals surface area contributed by atoms with Crippen LogP contribution < -0.4 is 0 Å². The number of hydrogen-bond donors (Lipinski definition) is 0. The Morgan fingerprint density at radius 3 is 2.74 bits per heavy atom. The number of hydrogen-bond acceptors (Lipinski definition) is 2. The molecule has 2 aliphatic carbocycles. The second kappa shape index (κ2) is 7.07. The van der Waals surface area contributed by atoms with Crippen LogP contribution in [0.3, 0.4) is 0 Å². The van der Waals surface area contributed by atoms with Gasteiger partial charge in [-0.05, 0) is 55.3 Å². The van der Waals surface area contributed by atoms with E-state index in [1.807, 2.05) is 0 Å². The lowest BCUT2D eigenvalue weighted by molar-refractivity contribution is -0.144. The maximum Gasteiger partial charge on any atom is 0.306 e. The SMILES string of the molecule is C=C1CC[C@@H]2[C@](C)(CCC[C@@]2(C)/C=C/C=C/C)[C@H]1CC(=O)OC. The summed E-state index contributed by atoms with van der Waals surface area (Å²) in [6, 6.07) is 0. The van der Waals surface area contributed by atoms with Gasteiger partial charge in [0.15, 0.2) is 0 Å². The van der Waals surface area contributed by atoms with Gasteiger partial charge in [0.25, 0.3) is 0 Å². The van der Waals surface area contributed by atoms with Crippen molar-refractivity contribution >= 4 is 5.97 Å². The number of ether oxygens (including phenoxy) is 1. The third-order valence-corrected chi connectivity index (χ3v) is 6.44. The predicted octanol–water partition coefficient (Wildman–Crippen LogP) is 5.46. The molecule has 0 amide bonds. The molecule has 2 heteroatoms. The fourth-order valence-electron chi connectivity index (χ4n) is 5.21. The van der Waals surface area contributed by atoms with Crippen molar-refractivity contribution in [3.63, 3.8) is 0 Å². The van der Waals surface area contributed by atoms with Crippen molar-refractivity contribution < 1.29 is 9.53 Å². The van der Waals surface area contributed by atoms with Crippen molar-refractivity contribution in [1.29, 1.82) is 0 Å². The molecule has 2 fully saturated rings. The van der Waals surface area contributed by atoms with Crippen LogP contribution in [0.2, 0.25) is 0 Å². The van der Waals surface area contributed by atoms with Gasteiger partial charge < -0.3 is 4.74 Å². The first-order valence-electron chi connectivity index (χ1n) is 8.92. The molecule has 0 saturated heterocycles. The van der Waals surface area contributed by atoms with Gasteiger partial charge in [0.05, 0.1) is 13.5 Å². The monoisotopic (exact) mass is 316 g/mol. The minimum atomic E-state index is -0.102. The molecule has 0 aliphatic heterocycles. The number of esters is 1. The Hall–Kier alpha value is -1.31. The van der Waals surface area contributed by atoms with E-state index >= 15 is 0 Å². The second-order valence-corrected chi connectivity index (χ2v) is 7.83. The number of rotatable bonds is 4. The Balaban J connectivity index is 2.33. The lowest BCUT2D eigenvalue weighted by Gasteiger charge is -2.58. The third-order valence-electron chi connectivity index (χ3n) is 6.44. The quantitative estimate of drug-likeness (QED) is 0.391. The lowest BCUT2D eigenvalue weighted by Crippen LogP contribution is -2.50. The topological polar surface area (TPSA) is 26.3 Å². The van der Waals surface area contributed by atoms with Gasteiger partial charge in [0, 0.05) is 0 Å². The zero-order chi connectivity index (χ0) is 17.1. The summed E-state index contributed by atoms with van der Waals surface area (Å²) in [7, 11) is 1.48. The highest BCUT2D eigenvalue weighted by atomic mass is 16.5. The molecule has 128 valence electrons. The van der Waals surface area contributed by atoms with E-state index in [9.17, 15) is 4.79 Å². The van der Waals surface area contributed by atoms with Crippen molar-refractivity contribution in [2.24, 2.45) is 22.7 Å². The summed E-state index contributed by atoms with van der Waals surface area (Å²) in [4.78, 5) is 11.9. The molecule has 0 aromatic rings. The molecule has 0 N–H and O–H groups in total. The second-order valence-electron chi connectivity index (χ2n) is 7.83. The molecule has 0 heterocycles. The average Bonchev–Trinajstić information content (AvgIpc) is 2.50. The molecule has 0 radical (unpaired) electrons. The Labute approximate surface area is 141 Å². The first kappa shape index (κ1) is 18.0. The fourth-order valence-corrected chi connectivity index (χ4v) is 5.21. The summed E-state index contributed by atoms with van der Waals surface area (Å²) in [6.45, 7) is 11.1. The van der Waals surface area contributed by atoms with E-state index in [0.29, 0.717) is 12.3 Å². The maximum atomic E-state index is 11.9. The van der Waals surface area contributed by atoms with Gasteiger partial charge in [-0.3, -0.25) is 4.79 Å². The minimum absolute atomic E-state index is 0.102. The molecule has 0 aromatic carbocycles. The van der Waals surface area contributed by atoms with E-state index in [-0.39, 0.29) is 22.7 Å². The summed E-state index contributed by atoms with van der Waals surface area (Å²) < 4.78 is 4.95. The molecule has 0 aromatic heterocycles. The van der Waals surface area contributed by atoms with Crippen molar-refractivity contribution in [3.8, 4) is 0 Å². The minimum Gasteiger partial charge on any atom is -0.469 e. The van der Waals surface area contributed by atoms with Gasteiger partial charge in [-0.2, -0.15) is 0 Å². The van der Waals surface area contributed by atoms with Crippen LogP contribution in [0.1, 0.15) is 59.3 Å². The van der Waals surface area contributed by atoms with Gasteiger partial charge in [-0.25, -0.2) is 0 Å². The zero-order valence-electron chi connectivity index (χ0n) is 15.2. The number of fused-ring (bicyclic) bond motifs is 1. The molecule has 2 rings (SSSR count). The average molecular weight is 316 g/mol. The van der Waals surface area contributed by atoms with Crippen LogP contribution in [0.25, 0.3) is 0 Å². The van der Waals surface area contributed by atoms with Crippen molar-refractivity contribution in [3.05, 3.63) is 36.5 Å². The van der Waals surface area contributed by atoms with Crippen LogP contribution >= 0.6 is 0 Å². The van der Waals surface area contributed by atoms with E-state index in [1.54, 1.807) is 0 Å². The number of methoxy groups -OCH3 is 1. The molecule has 2 saturated carbocycles. The summed E-state index contributed by atoms with van der Waals surface area (Å²) in [5.41, 5.74) is 1.61. The lowest BCUT2D eigenvalue weighted by atomic mass is 9.46. The van der Waals surface area contributed by atoms with E-state index < -0.39 is 0 Å². The van der Waals surface area contributed by atoms with Gasteiger partial charge >= 0.3 is 5.97 Å². The van der Waals surface area contributed by atoms with Crippen LogP contribution in [-0.4, -0.2) is 13.1 Å². The predicted molar refractivity (Wildman–Crippen MR) is 96.0 cm³/mol. The molecule has 2 aliphatic rings. The Bertz CT molecular complexity index is 516. The molecular formula is C21H32O2.